The summed E-state index contributed by atoms with van der Waals surface area (Å²) in [5, 5.41) is 0. The van der Waals surface area contributed by atoms with Crippen molar-refractivity contribution in [2.24, 2.45) is 0 Å². The maximum absolute atomic E-state index is 12.9. The molecule has 6 heteroatoms. The van der Waals surface area contributed by atoms with Crippen LogP contribution in [0.4, 0.5) is 13.2 Å². The van der Waals surface area contributed by atoms with E-state index in [2.05, 4.69) is 4.74 Å². The van der Waals surface area contributed by atoms with Crippen LogP contribution in [0.1, 0.15) is 17.0 Å². The molecule has 3 rings (SSSR count). The fourth-order valence-electron chi connectivity index (χ4n) is 3.03. The molecule has 23 heavy (non-hydrogen) atoms. The molecule has 0 saturated carbocycles. The van der Waals surface area contributed by atoms with Crippen LogP contribution in [0.5, 0.6) is 0 Å². The van der Waals surface area contributed by atoms with Gasteiger partial charge in [-0.2, -0.15) is 13.2 Å². The van der Waals surface area contributed by atoms with Crippen LogP contribution in [0.2, 0.25) is 0 Å². The molecule has 118 valence electrons. The van der Waals surface area contributed by atoms with E-state index in [1.54, 1.807) is 48.5 Å². The number of carbonyl (C=O) groups excluding carboxylic acids is 2. The van der Waals surface area contributed by atoms with E-state index >= 15 is 0 Å². The van der Waals surface area contributed by atoms with Gasteiger partial charge in [-0.05, 0) is 22.3 Å². The Hall–Kier alpha value is -2.63. The third-order valence-electron chi connectivity index (χ3n) is 3.92. The molecule has 2 aromatic rings. The highest BCUT2D eigenvalue weighted by Gasteiger charge is 2.50. The average Bonchev–Trinajstić information content (AvgIpc) is 2.86. The molecule has 1 unspecified atom stereocenters. The van der Waals surface area contributed by atoms with E-state index in [-0.39, 0.29) is 6.47 Å². The second kappa shape index (κ2) is 5.53. The van der Waals surface area contributed by atoms with Gasteiger partial charge in [0, 0.05) is 0 Å². The predicted octanol–water partition coefficient (Wildman–Crippen LogP) is 3.47. The number of ether oxygens (including phenoxy) is 1. The zero-order chi connectivity index (χ0) is 16.6. The van der Waals surface area contributed by atoms with Crippen LogP contribution in [0.15, 0.2) is 48.5 Å². The molecule has 0 aromatic heterocycles. The molecule has 0 heterocycles. The van der Waals surface area contributed by atoms with Crippen molar-refractivity contribution in [1.82, 2.24) is 0 Å². The van der Waals surface area contributed by atoms with Crippen molar-refractivity contribution in [1.29, 1.82) is 0 Å². The fraction of sp³-hybridized carbons (Fsp3) is 0.176. The smallest absolute Gasteiger partial charge is 0.454 e. The normalized spacial score (nSPS) is 14.7. The molecule has 0 amide bonds. The van der Waals surface area contributed by atoms with Gasteiger partial charge in [0.25, 0.3) is 12.3 Å². The van der Waals surface area contributed by atoms with Crippen LogP contribution < -0.4 is 0 Å². The second-order valence-corrected chi connectivity index (χ2v) is 5.17. The second-order valence-electron chi connectivity index (χ2n) is 5.17. The Bertz CT molecular complexity index is 722. The lowest BCUT2D eigenvalue weighted by Gasteiger charge is -2.23. The molecule has 0 fully saturated rings. The molecule has 1 atom stereocenters. The predicted molar refractivity (Wildman–Crippen MR) is 75.7 cm³/mol. The van der Waals surface area contributed by atoms with Crippen molar-refractivity contribution in [2.45, 2.75) is 18.2 Å². The van der Waals surface area contributed by atoms with Crippen LogP contribution in [-0.2, 0) is 14.3 Å². The Morgan fingerprint density at radius 1 is 1.00 bits per heavy atom. The lowest BCUT2D eigenvalue weighted by molar-refractivity contribution is -0.183. The van der Waals surface area contributed by atoms with Gasteiger partial charge in [-0.15, -0.1) is 0 Å². The minimum atomic E-state index is -5.08. The van der Waals surface area contributed by atoms with Gasteiger partial charge >= 0.3 is 6.18 Å². The van der Waals surface area contributed by atoms with Gasteiger partial charge in [0.1, 0.15) is 0 Å². The van der Waals surface area contributed by atoms with Crippen molar-refractivity contribution in [3.05, 3.63) is 59.7 Å². The zero-order valence-electron chi connectivity index (χ0n) is 11.7. The summed E-state index contributed by atoms with van der Waals surface area (Å²) in [4.78, 5) is 22.4. The molecule has 0 spiro atoms. The van der Waals surface area contributed by atoms with Crippen molar-refractivity contribution < 1.29 is 27.5 Å². The standard InChI is InChI=1S/C17H11F3O3/c18-17(19,20)16(22)15(23-9-21)14-12-7-3-1-5-10(12)11-6-2-4-8-13(11)14/h1-9,14-15H. The van der Waals surface area contributed by atoms with Crippen LogP contribution >= 0.6 is 0 Å². The van der Waals surface area contributed by atoms with Gasteiger partial charge in [0.2, 0.25) is 0 Å². The molecule has 0 saturated heterocycles. The minimum absolute atomic E-state index is 0.113. The molecule has 3 nitrogen and oxygen atoms in total. The summed E-state index contributed by atoms with van der Waals surface area (Å²) in [6.45, 7) is -0.113. The summed E-state index contributed by atoms with van der Waals surface area (Å²) in [7, 11) is 0. The number of alkyl halides is 3. The number of carbonyl (C=O) groups is 2. The zero-order valence-corrected chi connectivity index (χ0v) is 11.7. The van der Waals surface area contributed by atoms with E-state index < -0.39 is 24.0 Å². The van der Waals surface area contributed by atoms with Gasteiger partial charge in [0.05, 0.1) is 5.92 Å². The van der Waals surface area contributed by atoms with Crippen molar-refractivity contribution in [2.75, 3.05) is 0 Å². The largest absolute Gasteiger partial charge is 0.455 e. The van der Waals surface area contributed by atoms with Gasteiger partial charge in [0.15, 0.2) is 6.10 Å². The molecule has 1 aliphatic rings. The first-order chi connectivity index (χ1) is 10.9. The van der Waals surface area contributed by atoms with Crippen LogP contribution in [0, 0.1) is 0 Å². The molecule has 0 N–H and O–H groups in total. The minimum Gasteiger partial charge on any atom is -0.455 e. The number of hydrogen-bond acceptors (Lipinski definition) is 3. The summed E-state index contributed by atoms with van der Waals surface area (Å²) < 4.78 is 43.2. The monoisotopic (exact) mass is 320 g/mol. The van der Waals surface area contributed by atoms with E-state index in [1.165, 1.54) is 0 Å². The summed E-state index contributed by atoms with van der Waals surface area (Å²) in [5.74, 6) is -3.04. The molecule has 0 bridgehead atoms. The van der Waals surface area contributed by atoms with Crippen LogP contribution in [0.25, 0.3) is 11.1 Å². The Morgan fingerprint density at radius 3 is 1.91 bits per heavy atom. The fourth-order valence-corrected chi connectivity index (χ4v) is 3.03. The first kappa shape index (κ1) is 15.3. The number of fused-ring (bicyclic) bond motifs is 3. The first-order valence-electron chi connectivity index (χ1n) is 6.83. The van der Waals surface area contributed by atoms with E-state index in [1.807, 2.05) is 0 Å². The molecule has 0 aliphatic heterocycles. The maximum atomic E-state index is 12.9. The third kappa shape index (κ3) is 2.50. The lowest BCUT2D eigenvalue weighted by Crippen LogP contribution is -2.40. The number of Topliss-reactive ketones (excluding diaryl/α,β-unsaturated/α-hetero) is 1. The molecular formula is C17H11F3O3. The first-order valence-corrected chi connectivity index (χ1v) is 6.83. The van der Waals surface area contributed by atoms with E-state index in [0.29, 0.717) is 11.1 Å². The molecular weight excluding hydrogens is 309 g/mol. The lowest BCUT2D eigenvalue weighted by atomic mass is 9.88. The Labute approximate surface area is 129 Å². The van der Waals surface area contributed by atoms with E-state index in [4.69, 9.17) is 0 Å². The number of halogens is 3. The van der Waals surface area contributed by atoms with Crippen molar-refractivity contribution in [3.8, 4) is 11.1 Å². The summed E-state index contributed by atoms with van der Waals surface area (Å²) in [6, 6.07) is 13.7. The van der Waals surface area contributed by atoms with Gasteiger partial charge in [-0.3, -0.25) is 9.59 Å². The van der Waals surface area contributed by atoms with Crippen molar-refractivity contribution in [3.63, 3.8) is 0 Å². The Kier molecular flexibility index (Phi) is 3.67. The Balaban J connectivity index is 2.17. The highest BCUT2D eigenvalue weighted by atomic mass is 19.4. The summed E-state index contributed by atoms with van der Waals surface area (Å²) >= 11 is 0. The van der Waals surface area contributed by atoms with E-state index in [0.717, 1.165) is 11.1 Å². The number of rotatable bonds is 4. The van der Waals surface area contributed by atoms with Gasteiger partial charge < -0.3 is 4.74 Å². The maximum Gasteiger partial charge on any atom is 0.454 e. The van der Waals surface area contributed by atoms with Crippen LogP contribution in [0.3, 0.4) is 0 Å². The topological polar surface area (TPSA) is 43.4 Å². The number of ketones is 1. The molecule has 1 aliphatic carbocycles. The highest BCUT2D eigenvalue weighted by Crippen LogP contribution is 2.47. The summed E-state index contributed by atoms with van der Waals surface area (Å²) in [6.07, 6.45) is -7.02. The van der Waals surface area contributed by atoms with Crippen molar-refractivity contribution >= 4 is 12.3 Å². The summed E-state index contributed by atoms with van der Waals surface area (Å²) in [5.41, 5.74) is 2.56. The van der Waals surface area contributed by atoms with Gasteiger partial charge in [-0.25, -0.2) is 0 Å². The van der Waals surface area contributed by atoms with E-state index in [9.17, 15) is 22.8 Å². The number of hydrogen-bond donors (Lipinski definition) is 0. The third-order valence-corrected chi connectivity index (χ3v) is 3.92. The van der Waals surface area contributed by atoms with Gasteiger partial charge in [-0.1, -0.05) is 48.5 Å². The quantitative estimate of drug-likeness (QED) is 0.810. The number of benzene rings is 2. The SMILES string of the molecule is O=COC(C(=O)C(F)(F)F)C1c2ccccc2-c2ccccc21. The van der Waals surface area contributed by atoms with Crippen LogP contribution in [-0.4, -0.2) is 24.5 Å². The Morgan fingerprint density at radius 2 is 1.48 bits per heavy atom. The average molecular weight is 320 g/mol. The molecule has 0 radical (unpaired) electrons. The molecule has 2 aromatic carbocycles. The highest BCUT2D eigenvalue weighted by molar-refractivity contribution is 5.93.